The number of rotatable bonds is 4. The molecule has 1 aromatic carbocycles. The minimum atomic E-state index is 0.779. The van der Waals surface area contributed by atoms with Gasteiger partial charge in [-0.25, -0.2) is 0 Å². The quantitative estimate of drug-likeness (QED) is 0.919. The summed E-state index contributed by atoms with van der Waals surface area (Å²) in [7, 11) is 0. The molecule has 2 fully saturated rings. The monoisotopic (exact) mass is 288 g/mol. The Morgan fingerprint density at radius 3 is 2.81 bits per heavy atom. The molecular weight excluding hydrogens is 260 g/mol. The van der Waals surface area contributed by atoms with E-state index < -0.39 is 0 Å². The lowest BCUT2D eigenvalue weighted by Crippen LogP contribution is -2.28. The smallest absolute Gasteiger partial charge is 0.119 e. The van der Waals surface area contributed by atoms with E-state index in [-0.39, 0.29) is 0 Å². The first-order chi connectivity index (χ1) is 10.3. The van der Waals surface area contributed by atoms with Gasteiger partial charge in [0.25, 0.3) is 0 Å². The molecular formula is C18H28N2O. The van der Waals surface area contributed by atoms with E-state index in [1.54, 1.807) is 0 Å². The average Bonchev–Trinajstić information content (AvgIpc) is 2.87. The topological polar surface area (TPSA) is 24.5 Å². The molecule has 21 heavy (non-hydrogen) atoms. The van der Waals surface area contributed by atoms with Crippen LogP contribution in [-0.2, 0) is 0 Å². The molecule has 1 N–H and O–H groups in total. The first kappa shape index (κ1) is 14.7. The van der Waals surface area contributed by atoms with Gasteiger partial charge in [0.2, 0.25) is 0 Å². The third-order valence-electron chi connectivity index (χ3n) is 4.81. The fourth-order valence-corrected chi connectivity index (χ4v) is 3.55. The van der Waals surface area contributed by atoms with E-state index >= 15 is 0 Å². The van der Waals surface area contributed by atoms with Crippen LogP contribution in [0.1, 0.15) is 37.7 Å². The molecule has 0 aromatic heterocycles. The predicted octanol–water partition coefficient (Wildman–Crippen LogP) is 3.36. The first-order valence-corrected chi connectivity index (χ1v) is 8.52. The summed E-state index contributed by atoms with van der Waals surface area (Å²) < 4.78 is 6.01. The fraction of sp³-hybridized carbons (Fsp3) is 0.667. The summed E-state index contributed by atoms with van der Waals surface area (Å²) in [5.74, 6) is 1.82. The van der Waals surface area contributed by atoms with Crippen molar-refractivity contribution in [3.05, 3.63) is 23.8 Å². The minimum Gasteiger partial charge on any atom is -0.493 e. The van der Waals surface area contributed by atoms with Crippen LogP contribution in [0.3, 0.4) is 0 Å². The molecule has 1 saturated heterocycles. The van der Waals surface area contributed by atoms with Gasteiger partial charge in [-0.15, -0.1) is 0 Å². The predicted molar refractivity (Wildman–Crippen MR) is 88.3 cm³/mol. The van der Waals surface area contributed by atoms with Crippen molar-refractivity contribution in [2.45, 2.75) is 39.0 Å². The maximum Gasteiger partial charge on any atom is 0.119 e. The van der Waals surface area contributed by atoms with Crippen LogP contribution in [0, 0.1) is 12.8 Å². The Hall–Kier alpha value is -1.22. The summed E-state index contributed by atoms with van der Waals surface area (Å²) >= 11 is 0. The number of ether oxygens (including phenoxy) is 1. The van der Waals surface area contributed by atoms with Crippen LogP contribution in [0.25, 0.3) is 0 Å². The highest BCUT2D eigenvalue weighted by atomic mass is 16.5. The molecule has 0 spiro atoms. The Bertz CT molecular complexity index is 447. The molecule has 0 atom stereocenters. The summed E-state index contributed by atoms with van der Waals surface area (Å²) in [5.41, 5.74) is 2.70. The molecule has 116 valence electrons. The van der Waals surface area contributed by atoms with Crippen molar-refractivity contribution in [3.8, 4) is 5.75 Å². The number of nitrogens with zero attached hydrogens (tertiary/aromatic N) is 1. The van der Waals surface area contributed by atoms with Gasteiger partial charge in [0.05, 0.1) is 6.61 Å². The van der Waals surface area contributed by atoms with E-state index in [4.69, 9.17) is 4.74 Å². The Labute approximate surface area is 128 Å². The molecule has 1 heterocycles. The highest BCUT2D eigenvalue weighted by Crippen LogP contribution is 2.28. The summed E-state index contributed by atoms with van der Waals surface area (Å²) in [6, 6.07) is 6.60. The van der Waals surface area contributed by atoms with Gasteiger partial charge in [0.1, 0.15) is 5.75 Å². The van der Waals surface area contributed by atoms with E-state index in [0.717, 1.165) is 44.5 Å². The Balaban J connectivity index is 1.61. The summed E-state index contributed by atoms with van der Waals surface area (Å²) in [4.78, 5) is 2.50. The van der Waals surface area contributed by atoms with E-state index in [0.29, 0.717) is 0 Å². The van der Waals surface area contributed by atoms with Gasteiger partial charge in [0, 0.05) is 25.3 Å². The second kappa shape index (κ2) is 7.17. The summed E-state index contributed by atoms with van der Waals surface area (Å²) in [6.07, 6.45) is 6.68. The number of hydrogen-bond acceptors (Lipinski definition) is 3. The zero-order valence-electron chi connectivity index (χ0n) is 13.2. The lowest BCUT2D eigenvalue weighted by Gasteiger charge is -2.24. The molecule has 3 rings (SSSR count). The Morgan fingerprint density at radius 2 is 2.00 bits per heavy atom. The van der Waals surface area contributed by atoms with Crippen LogP contribution in [0.4, 0.5) is 5.69 Å². The van der Waals surface area contributed by atoms with Gasteiger partial charge in [-0.1, -0.05) is 12.8 Å². The van der Waals surface area contributed by atoms with Gasteiger partial charge in [0.15, 0.2) is 0 Å². The average molecular weight is 288 g/mol. The van der Waals surface area contributed by atoms with Crippen molar-refractivity contribution in [1.29, 1.82) is 0 Å². The molecule has 3 nitrogen and oxygen atoms in total. The molecule has 0 amide bonds. The summed E-state index contributed by atoms with van der Waals surface area (Å²) in [6.45, 7) is 7.57. The van der Waals surface area contributed by atoms with Crippen LogP contribution in [0.2, 0.25) is 0 Å². The molecule has 1 aliphatic carbocycles. The van der Waals surface area contributed by atoms with Gasteiger partial charge in [-0.3, -0.25) is 0 Å². The van der Waals surface area contributed by atoms with Crippen LogP contribution < -0.4 is 15.0 Å². The molecule has 1 aromatic rings. The molecule has 3 heteroatoms. The Kier molecular flexibility index (Phi) is 5.02. The molecule has 2 aliphatic rings. The van der Waals surface area contributed by atoms with Crippen molar-refractivity contribution < 1.29 is 4.74 Å². The second-order valence-electron chi connectivity index (χ2n) is 6.50. The molecule has 1 aliphatic heterocycles. The van der Waals surface area contributed by atoms with Crippen LogP contribution in [-0.4, -0.2) is 32.8 Å². The summed E-state index contributed by atoms with van der Waals surface area (Å²) in [5, 5.41) is 3.46. The normalized spacial score (nSPS) is 20.5. The third-order valence-corrected chi connectivity index (χ3v) is 4.81. The van der Waals surface area contributed by atoms with E-state index in [2.05, 4.69) is 35.3 Å². The van der Waals surface area contributed by atoms with Crippen molar-refractivity contribution in [1.82, 2.24) is 5.32 Å². The minimum absolute atomic E-state index is 0.779. The van der Waals surface area contributed by atoms with Gasteiger partial charge in [-0.05, 0) is 62.4 Å². The second-order valence-corrected chi connectivity index (χ2v) is 6.50. The van der Waals surface area contributed by atoms with Crippen LogP contribution in [0.5, 0.6) is 5.75 Å². The number of anilines is 1. The third kappa shape index (κ3) is 3.91. The molecule has 0 bridgehead atoms. The number of hydrogen-bond donors (Lipinski definition) is 1. The highest BCUT2D eigenvalue weighted by Gasteiger charge is 2.16. The van der Waals surface area contributed by atoms with Crippen LogP contribution >= 0.6 is 0 Å². The van der Waals surface area contributed by atoms with E-state index in [9.17, 15) is 0 Å². The SMILES string of the molecule is Cc1cc(OCC2CCCC2)ccc1N1CCCNCC1. The van der Waals surface area contributed by atoms with Crippen LogP contribution in [0.15, 0.2) is 18.2 Å². The van der Waals surface area contributed by atoms with Crippen molar-refractivity contribution >= 4 is 5.69 Å². The van der Waals surface area contributed by atoms with Crippen molar-refractivity contribution in [2.75, 3.05) is 37.7 Å². The number of aryl methyl sites for hydroxylation is 1. The molecule has 1 saturated carbocycles. The number of benzene rings is 1. The van der Waals surface area contributed by atoms with E-state index in [1.807, 2.05) is 0 Å². The van der Waals surface area contributed by atoms with Gasteiger partial charge in [-0.2, -0.15) is 0 Å². The highest BCUT2D eigenvalue weighted by molar-refractivity contribution is 5.56. The maximum absolute atomic E-state index is 6.01. The van der Waals surface area contributed by atoms with Crippen molar-refractivity contribution in [2.24, 2.45) is 5.92 Å². The van der Waals surface area contributed by atoms with Gasteiger partial charge >= 0.3 is 0 Å². The van der Waals surface area contributed by atoms with Gasteiger partial charge < -0.3 is 15.0 Å². The largest absolute Gasteiger partial charge is 0.493 e. The lowest BCUT2D eigenvalue weighted by molar-refractivity contribution is 0.252. The fourth-order valence-electron chi connectivity index (χ4n) is 3.55. The molecule has 0 radical (unpaired) electrons. The first-order valence-electron chi connectivity index (χ1n) is 8.52. The lowest BCUT2D eigenvalue weighted by atomic mass is 10.1. The molecule has 0 unspecified atom stereocenters. The van der Waals surface area contributed by atoms with E-state index in [1.165, 1.54) is 43.4 Å². The van der Waals surface area contributed by atoms with Crippen molar-refractivity contribution in [3.63, 3.8) is 0 Å². The zero-order chi connectivity index (χ0) is 14.5. The Morgan fingerprint density at radius 1 is 1.14 bits per heavy atom. The standard InChI is InChI=1S/C18H28N2O/c1-15-13-17(21-14-16-5-2-3-6-16)7-8-18(15)20-11-4-9-19-10-12-20/h7-8,13,16,19H,2-6,9-12,14H2,1H3. The number of nitrogens with one attached hydrogen (secondary N) is 1. The zero-order valence-corrected chi connectivity index (χ0v) is 13.2. The maximum atomic E-state index is 6.01.